The molecule has 2 unspecified atom stereocenters. The second-order valence-corrected chi connectivity index (χ2v) is 5.72. The third kappa shape index (κ3) is 2.26. The quantitative estimate of drug-likeness (QED) is 0.831. The lowest BCUT2D eigenvalue weighted by atomic mass is 10.1. The molecule has 0 heterocycles. The molecular weight excluding hydrogens is 246 g/mol. The molecule has 1 N–H and O–H groups in total. The third-order valence-electron chi connectivity index (χ3n) is 4.35. The number of nitrogens with one attached hydrogen (secondary N) is 1. The molecule has 3 heteroatoms. The molecule has 2 aliphatic carbocycles. The van der Waals surface area contributed by atoms with E-state index in [4.69, 9.17) is 11.6 Å². The van der Waals surface area contributed by atoms with Gasteiger partial charge in [0, 0.05) is 18.3 Å². The highest BCUT2D eigenvalue weighted by Crippen LogP contribution is 2.57. The summed E-state index contributed by atoms with van der Waals surface area (Å²) in [5.74, 6) is 2.51. The van der Waals surface area contributed by atoms with E-state index >= 15 is 0 Å². The van der Waals surface area contributed by atoms with Gasteiger partial charge in [0.15, 0.2) is 0 Å². The van der Waals surface area contributed by atoms with Crippen LogP contribution in [0, 0.1) is 17.8 Å². The Balaban J connectivity index is 1.50. The van der Waals surface area contributed by atoms with Gasteiger partial charge in [-0.2, -0.15) is 0 Å². The van der Waals surface area contributed by atoms with Crippen molar-refractivity contribution in [2.75, 3.05) is 0 Å². The maximum Gasteiger partial charge on any atom is 0.223 e. The minimum Gasteiger partial charge on any atom is -0.352 e. The fraction of sp³-hybridized carbons (Fsp3) is 0.533. The molecule has 2 nitrogen and oxygen atoms in total. The fourth-order valence-corrected chi connectivity index (χ4v) is 3.44. The summed E-state index contributed by atoms with van der Waals surface area (Å²) in [7, 11) is 0. The predicted molar refractivity (Wildman–Crippen MR) is 72.2 cm³/mol. The molecule has 1 aromatic carbocycles. The van der Waals surface area contributed by atoms with Gasteiger partial charge in [0.05, 0.1) is 0 Å². The van der Waals surface area contributed by atoms with Crippen molar-refractivity contribution in [1.82, 2.24) is 5.32 Å². The zero-order chi connectivity index (χ0) is 12.5. The van der Waals surface area contributed by atoms with Gasteiger partial charge >= 0.3 is 0 Å². The number of carbonyl (C=O) groups is 1. The summed E-state index contributed by atoms with van der Waals surface area (Å²) < 4.78 is 0. The van der Waals surface area contributed by atoms with Gasteiger partial charge in [-0.15, -0.1) is 11.6 Å². The topological polar surface area (TPSA) is 29.1 Å². The maximum atomic E-state index is 12.0. The maximum absolute atomic E-state index is 12.0. The van der Waals surface area contributed by atoms with Gasteiger partial charge in [-0.1, -0.05) is 30.7 Å². The largest absolute Gasteiger partial charge is 0.352 e. The third-order valence-corrected chi connectivity index (χ3v) is 4.66. The molecule has 18 heavy (non-hydrogen) atoms. The molecule has 2 atom stereocenters. The molecule has 0 saturated heterocycles. The number of rotatable bonds is 4. The normalized spacial score (nSPS) is 28.8. The van der Waals surface area contributed by atoms with Gasteiger partial charge in [0.1, 0.15) is 0 Å². The second kappa shape index (κ2) is 4.93. The van der Waals surface area contributed by atoms with Crippen LogP contribution in [0.1, 0.15) is 30.4 Å². The van der Waals surface area contributed by atoms with E-state index in [2.05, 4.69) is 5.32 Å². The first kappa shape index (κ1) is 12.0. The van der Waals surface area contributed by atoms with Gasteiger partial charge in [0.25, 0.3) is 0 Å². The highest BCUT2D eigenvalue weighted by Gasteiger charge is 2.56. The Kier molecular flexibility index (Phi) is 3.29. The minimum atomic E-state index is 0.256. The van der Waals surface area contributed by atoms with Gasteiger partial charge in [0.2, 0.25) is 5.91 Å². The summed E-state index contributed by atoms with van der Waals surface area (Å²) in [5.41, 5.74) is 2.26. The summed E-state index contributed by atoms with van der Waals surface area (Å²) in [6.45, 7) is 0.636. The van der Waals surface area contributed by atoms with Crippen LogP contribution in [0.2, 0.25) is 0 Å². The van der Waals surface area contributed by atoms with E-state index in [0.29, 0.717) is 30.2 Å². The summed E-state index contributed by atoms with van der Waals surface area (Å²) in [4.78, 5) is 12.0. The first-order valence-corrected chi connectivity index (χ1v) is 7.24. The smallest absolute Gasteiger partial charge is 0.223 e. The Morgan fingerprint density at radius 3 is 2.39 bits per heavy atom. The highest BCUT2D eigenvalue weighted by atomic mass is 35.5. The van der Waals surface area contributed by atoms with Crippen LogP contribution in [0.15, 0.2) is 24.3 Å². The molecule has 2 saturated carbocycles. The lowest BCUT2D eigenvalue weighted by molar-refractivity contribution is -0.123. The first-order chi connectivity index (χ1) is 8.79. The molecule has 0 aliphatic heterocycles. The van der Waals surface area contributed by atoms with Crippen LogP contribution in [-0.4, -0.2) is 5.91 Å². The molecule has 1 amide bonds. The number of fused-ring (bicyclic) bond motifs is 1. The Hall–Kier alpha value is -1.02. The molecule has 0 radical (unpaired) electrons. The van der Waals surface area contributed by atoms with Crippen molar-refractivity contribution in [3.8, 4) is 0 Å². The zero-order valence-corrected chi connectivity index (χ0v) is 11.1. The van der Waals surface area contributed by atoms with Crippen LogP contribution in [0.25, 0.3) is 0 Å². The summed E-state index contributed by atoms with van der Waals surface area (Å²) >= 11 is 5.74. The van der Waals surface area contributed by atoms with Crippen molar-refractivity contribution >= 4 is 17.5 Å². The van der Waals surface area contributed by atoms with Crippen molar-refractivity contribution in [2.24, 2.45) is 17.8 Å². The average molecular weight is 264 g/mol. The van der Waals surface area contributed by atoms with Gasteiger partial charge < -0.3 is 5.32 Å². The molecule has 96 valence electrons. The van der Waals surface area contributed by atoms with Gasteiger partial charge in [-0.25, -0.2) is 0 Å². The van der Waals surface area contributed by atoms with Crippen LogP contribution in [0.5, 0.6) is 0 Å². The van der Waals surface area contributed by atoms with Crippen molar-refractivity contribution in [3.63, 3.8) is 0 Å². The van der Waals surface area contributed by atoms with E-state index in [1.54, 1.807) is 0 Å². The van der Waals surface area contributed by atoms with E-state index in [9.17, 15) is 4.79 Å². The Bertz CT molecular complexity index is 432. The van der Waals surface area contributed by atoms with E-state index in [-0.39, 0.29) is 5.91 Å². The van der Waals surface area contributed by atoms with Crippen molar-refractivity contribution in [1.29, 1.82) is 0 Å². The summed E-state index contributed by atoms with van der Waals surface area (Å²) in [6.07, 6.45) is 3.83. The molecule has 0 bridgehead atoms. The monoisotopic (exact) mass is 263 g/mol. The van der Waals surface area contributed by atoms with Gasteiger partial charge in [-0.05, 0) is 35.8 Å². The van der Waals surface area contributed by atoms with Gasteiger partial charge in [-0.3, -0.25) is 4.79 Å². The van der Waals surface area contributed by atoms with Crippen molar-refractivity contribution in [2.45, 2.75) is 31.7 Å². The van der Waals surface area contributed by atoms with Crippen molar-refractivity contribution in [3.05, 3.63) is 35.4 Å². The lowest BCUT2D eigenvalue weighted by Gasteiger charge is -2.07. The molecular formula is C15H18ClNO. The minimum absolute atomic E-state index is 0.256. The first-order valence-electron chi connectivity index (χ1n) is 6.71. The Labute approximate surface area is 113 Å². The fourth-order valence-electron chi connectivity index (χ4n) is 3.26. The Morgan fingerprint density at radius 2 is 1.78 bits per heavy atom. The van der Waals surface area contributed by atoms with Crippen LogP contribution >= 0.6 is 11.6 Å². The molecule has 2 fully saturated rings. The van der Waals surface area contributed by atoms with E-state index < -0.39 is 0 Å². The van der Waals surface area contributed by atoms with Crippen LogP contribution in [-0.2, 0) is 17.2 Å². The predicted octanol–water partition coefficient (Wildman–Crippen LogP) is 3.09. The zero-order valence-electron chi connectivity index (χ0n) is 10.4. The number of amides is 1. The molecule has 0 spiro atoms. The van der Waals surface area contributed by atoms with Crippen molar-refractivity contribution < 1.29 is 4.79 Å². The van der Waals surface area contributed by atoms with E-state index in [1.165, 1.54) is 19.3 Å². The SMILES string of the molecule is O=C(NCc1ccc(CCl)cc1)C1C2CCCC21. The lowest BCUT2D eigenvalue weighted by Crippen LogP contribution is -2.26. The molecule has 1 aromatic rings. The number of benzene rings is 1. The molecule has 3 rings (SSSR count). The molecule has 2 aliphatic rings. The van der Waals surface area contributed by atoms with Crippen LogP contribution in [0.3, 0.4) is 0 Å². The number of carbonyl (C=O) groups excluding carboxylic acids is 1. The number of alkyl halides is 1. The average Bonchev–Trinajstić information content (AvgIpc) is 2.90. The van der Waals surface area contributed by atoms with E-state index in [1.807, 2.05) is 24.3 Å². The van der Waals surface area contributed by atoms with Crippen LogP contribution < -0.4 is 5.32 Å². The number of hydrogen-bond acceptors (Lipinski definition) is 1. The molecule has 0 aromatic heterocycles. The number of hydrogen-bond donors (Lipinski definition) is 1. The standard InChI is InChI=1S/C15H18ClNO/c16-8-10-4-6-11(7-5-10)9-17-15(18)14-12-2-1-3-13(12)14/h4-7,12-14H,1-3,8-9H2,(H,17,18). The highest BCUT2D eigenvalue weighted by molar-refractivity contribution is 6.17. The summed E-state index contributed by atoms with van der Waals surface area (Å²) in [6, 6.07) is 8.10. The summed E-state index contributed by atoms with van der Waals surface area (Å²) in [5, 5.41) is 3.06. The van der Waals surface area contributed by atoms with E-state index in [0.717, 1.165) is 11.1 Å². The van der Waals surface area contributed by atoms with Crippen LogP contribution in [0.4, 0.5) is 0 Å². The number of halogens is 1. The Morgan fingerprint density at radius 1 is 1.17 bits per heavy atom. The second-order valence-electron chi connectivity index (χ2n) is 5.45.